The molecule has 0 aromatic rings. The van der Waals surface area contributed by atoms with Gasteiger partial charge in [-0.15, -0.1) is 0 Å². The SMILES string of the molecule is CCCCCCCCCCCCCCCCCCCCCCCCCCCCCCCCCCCCCCC=CN. The van der Waals surface area contributed by atoms with Crippen LogP contribution in [0.25, 0.3) is 0 Å². The van der Waals surface area contributed by atoms with Crippen molar-refractivity contribution >= 4 is 0 Å². The van der Waals surface area contributed by atoms with Gasteiger partial charge in [-0.1, -0.05) is 238 Å². The van der Waals surface area contributed by atoms with Gasteiger partial charge in [0.05, 0.1) is 0 Å². The van der Waals surface area contributed by atoms with E-state index < -0.39 is 0 Å². The molecule has 0 amide bonds. The highest BCUT2D eigenvalue weighted by Gasteiger charge is 1.97. The van der Waals surface area contributed by atoms with Crippen LogP contribution >= 0.6 is 0 Å². The van der Waals surface area contributed by atoms with Gasteiger partial charge in [0.1, 0.15) is 0 Å². The molecule has 1 heteroatoms. The minimum Gasteiger partial charge on any atom is -0.405 e. The Morgan fingerprint density at radius 3 is 0.610 bits per heavy atom. The van der Waals surface area contributed by atoms with Crippen molar-refractivity contribution in [1.82, 2.24) is 0 Å². The maximum atomic E-state index is 5.37. The molecule has 0 aromatic carbocycles. The summed E-state index contributed by atoms with van der Waals surface area (Å²) in [7, 11) is 0. The summed E-state index contributed by atoms with van der Waals surface area (Å²) >= 11 is 0. The van der Waals surface area contributed by atoms with E-state index in [9.17, 15) is 0 Å². The first kappa shape index (κ1) is 40.5. The molecular formula is C40H81N. The monoisotopic (exact) mass is 576 g/mol. The first-order valence-corrected chi connectivity index (χ1v) is 19.8. The highest BCUT2D eigenvalue weighted by molar-refractivity contribution is 4.74. The van der Waals surface area contributed by atoms with Crippen molar-refractivity contribution in [3.05, 3.63) is 12.3 Å². The van der Waals surface area contributed by atoms with E-state index in [1.54, 1.807) is 6.20 Å². The zero-order valence-corrected chi connectivity index (χ0v) is 28.9. The quantitative estimate of drug-likeness (QED) is 0.0732. The normalized spacial score (nSPS) is 11.7. The van der Waals surface area contributed by atoms with E-state index >= 15 is 0 Å². The van der Waals surface area contributed by atoms with Gasteiger partial charge >= 0.3 is 0 Å². The van der Waals surface area contributed by atoms with E-state index in [1.165, 1.54) is 231 Å². The number of unbranched alkanes of at least 4 members (excludes halogenated alkanes) is 36. The molecule has 0 aliphatic heterocycles. The van der Waals surface area contributed by atoms with Crippen molar-refractivity contribution in [2.24, 2.45) is 5.73 Å². The van der Waals surface area contributed by atoms with Gasteiger partial charge in [0.2, 0.25) is 0 Å². The van der Waals surface area contributed by atoms with Crippen molar-refractivity contribution in [3.8, 4) is 0 Å². The van der Waals surface area contributed by atoms with Crippen molar-refractivity contribution < 1.29 is 0 Å². The lowest BCUT2D eigenvalue weighted by atomic mass is 10.0. The third-order valence-corrected chi connectivity index (χ3v) is 9.36. The molecule has 1 nitrogen and oxygen atoms in total. The number of allylic oxidation sites excluding steroid dienone is 1. The number of nitrogens with two attached hydrogens (primary N) is 1. The predicted molar refractivity (Wildman–Crippen MR) is 190 cm³/mol. The molecule has 0 heterocycles. The van der Waals surface area contributed by atoms with E-state index in [2.05, 4.69) is 13.0 Å². The Balaban J connectivity index is 3.03. The molecule has 0 aromatic heterocycles. The van der Waals surface area contributed by atoms with Crippen LogP contribution < -0.4 is 5.73 Å². The lowest BCUT2D eigenvalue weighted by molar-refractivity contribution is 0.510. The van der Waals surface area contributed by atoms with Gasteiger partial charge in [-0.25, -0.2) is 0 Å². The van der Waals surface area contributed by atoms with Crippen LogP contribution in [0.15, 0.2) is 12.3 Å². The van der Waals surface area contributed by atoms with Crippen molar-refractivity contribution in [2.75, 3.05) is 0 Å². The topological polar surface area (TPSA) is 26.0 Å². The van der Waals surface area contributed by atoms with Crippen LogP contribution in [-0.4, -0.2) is 0 Å². The fourth-order valence-corrected chi connectivity index (χ4v) is 6.44. The third kappa shape index (κ3) is 39.5. The molecule has 0 saturated heterocycles. The number of hydrogen-bond acceptors (Lipinski definition) is 1. The fourth-order valence-electron chi connectivity index (χ4n) is 6.44. The smallest absolute Gasteiger partial charge is 0.0103 e. The molecule has 0 saturated carbocycles. The molecule has 2 N–H and O–H groups in total. The van der Waals surface area contributed by atoms with Crippen LogP contribution in [0.4, 0.5) is 0 Å². The lowest BCUT2D eigenvalue weighted by Crippen LogP contribution is -1.85. The maximum Gasteiger partial charge on any atom is -0.0103 e. The van der Waals surface area contributed by atoms with Gasteiger partial charge in [-0.2, -0.15) is 0 Å². The Hall–Kier alpha value is -0.460. The minimum absolute atomic E-state index is 1.16. The van der Waals surface area contributed by atoms with Gasteiger partial charge in [-0.3, -0.25) is 0 Å². The Kier molecular flexibility index (Phi) is 39.1. The van der Waals surface area contributed by atoms with Crippen molar-refractivity contribution in [2.45, 2.75) is 244 Å². The lowest BCUT2D eigenvalue weighted by Gasteiger charge is -2.05. The minimum atomic E-state index is 1.16. The van der Waals surface area contributed by atoms with E-state index in [4.69, 9.17) is 5.73 Å². The van der Waals surface area contributed by atoms with E-state index in [-0.39, 0.29) is 0 Å². The Morgan fingerprint density at radius 2 is 0.439 bits per heavy atom. The second kappa shape index (κ2) is 39.5. The summed E-state index contributed by atoms with van der Waals surface area (Å²) < 4.78 is 0. The molecule has 0 aliphatic rings. The van der Waals surface area contributed by atoms with Gasteiger partial charge < -0.3 is 5.73 Å². The van der Waals surface area contributed by atoms with Crippen LogP contribution in [0.2, 0.25) is 0 Å². The molecular weight excluding hydrogens is 494 g/mol. The summed E-state index contributed by atoms with van der Waals surface area (Å²) in [5.74, 6) is 0. The van der Waals surface area contributed by atoms with Crippen LogP contribution in [0.5, 0.6) is 0 Å². The Morgan fingerprint density at radius 1 is 0.268 bits per heavy atom. The average Bonchev–Trinajstić information content (AvgIpc) is 2.98. The number of hydrogen-bond donors (Lipinski definition) is 1. The van der Waals surface area contributed by atoms with E-state index in [0.717, 1.165) is 6.42 Å². The molecule has 0 radical (unpaired) electrons. The zero-order valence-electron chi connectivity index (χ0n) is 28.9. The molecule has 0 aliphatic carbocycles. The molecule has 0 unspecified atom stereocenters. The largest absolute Gasteiger partial charge is 0.405 e. The molecule has 0 atom stereocenters. The summed E-state index contributed by atoms with van der Waals surface area (Å²) in [4.78, 5) is 0. The molecule has 0 spiro atoms. The Bertz CT molecular complexity index is 456. The standard InChI is InChI=1S/C40H81N/c1-2-3-4-5-6-7-8-9-10-11-12-13-14-15-16-17-18-19-20-21-22-23-24-25-26-27-28-29-30-31-32-33-34-35-36-37-38-39-40-41/h39-40H,2-38,41H2,1H3. The zero-order chi connectivity index (χ0) is 29.6. The van der Waals surface area contributed by atoms with E-state index in [1.807, 2.05) is 0 Å². The van der Waals surface area contributed by atoms with Crippen molar-refractivity contribution in [3.63, 3.8) is 0 Å². The summed E-state index contributed by atoms with van der Waals surface area (Å²) in [6, 6.07) is 0. The summed E-state index contributed by atoms with van der Waals surface area (Å²) in [6.07, 6.45) is 57.8. The first-order valence-electron chi connectivity index (χ1n) is 19.8. The molecule has 246 valence electrons. The predicted octanol–water partition coefficient (Wildman–Crippen LogP) is 14.9. The van der Waals surface area contributed by atoms with Gasteiger partial charge in [0.15, 0.2) is 0 Å². The Labute approximate surface area is 262 Å². The number of rotatable bonds is 37. The first-order chi connectivity index (χ1) is 20.4. The molecule has 0 fully saturated rings. The third-order valence-electron chi connectivity index (χ3n) is 9.36. The van der Waals surface area contributed by atoms with Gasteiger partial charge in [0.25, 0.3) is 0 Å². The van der Waals surface area contributed by atoms with Gasteiger partial charge in [-0.05, 0) is 19.0 Å². The molecule has 0 bridgehead atoms. The second-order valence-electron chi connectivity index (χ2n) is 13.6. The van der Waals surface area contributed by atoms with Crippen LogP contribution in [0, 0.1) is 0 Å². The second-order valence-corrected chi connectivity index (χ2v) is 13.6. The summed E-state index contributed by atoms with van der Waals surface area (Å²) in [5, 5.41) is 0. The summed E-state index contributed by atoms with van der Waals surface area (Å²) in [5.41, 5.74) is 5.37. The van der Waals surface area contributed by atoms with Crippen LogP contribution in [0.1, 0.15) is 244 Å². The van der Waals surface area contributed by atoms with Crippen molar-refractivity contribution in [1.29, 1.82) is 0 Å². The van der Waals surface area contributed by atoms with Crippen LogP contribution in [-0.2, 0) is 0 Å². The van der Waals surface area contributed by atoms with Crippen LogP contribution in [0.3, 0.4) is 0 Å². The average molecular weight is 576 g/mol. The van der Waals surface area contributed by atoms with Gasteiger partial charge in [0, 0.05) is 0 Å². The molecule has 0 rings (SSSR count). The fraction of sp³-hybridized carbons (Fsp3) is 0.950. The molecule has 41 heavy (non-hydrogen) atoms. The highest BCUT2D eigenvalue weighted by atomic mass is 14.5. The maximum absolute atomic E-state index is 5.37. The summed E-state index contributed by atoms with van der Waals surface area (Å²) in [6.45, 7) is 2.31. The van der Waals surface area contributed by atoms with E-state index in [0.29, 0.717) is 0 Å². The highest BCUT2D eigenvalue weighted by Crippen LogP contribution is 2.17.